The fourth-order valence-corrected chi connectivity index (χ4v) is 7.79. The van der Waals surface area contributed by atoms with Crippen molar-refractivity contribution in [1.82, 2.24) is 10.0 Å². The zero-order chi connectivity index (χ0) is 19.9. The number of thiophene rings is 1. The van der Waals surface area contributed by atoms with E-state index >= 15 is 0 Å². The maximum Gasteiger partial charge on any atom is 0.253 e. The number of nitrogens with zero attached hydrogens (tertiary/aromatic N) is 2. The van der Waals surface area contributed by atoms with Crippen LogP contribution >= 0.6 is 35.5 Å². The number of hydrogen-bond donors (Lipinski definition) is 0. The summed E-state index contributed by atoms with van der Waals surface area (Å²) in [6.07, 6.45) is 5.67. The van der Waals surface area contributed by atoms with Crippen molar-refractivity contribution in [1.29, 1.82) is 0 Å². The molecule has 0 bridgehead atoms. The molecule has 4 rings (SSSR count). The highest BCUT2D eigenvalue weighted by Crippen LogP contribution is 2.51. The van der Waals surface area contributed by atoms with Crippen LogP contribution in [-0.4, -0.2) is 38.6 Å². The molecule has 2 aliphatic heterocycles. The van der Waals surface area contributed by atoms with Gasteiger partial charge >= 0.3 is 0 Å². The first-order valence-corrected chi connectivity index (χ1v) is 12.3. The molecule has 2 aliphatic rings. The fraction of sp³-hybridized carbons (Fsp3) is 0.609. The van der Waals surface area contributed by atoms with Crippen molar-refractivity contribution in [3.05, 3.63) is 35.2 Å². The third kappa shape index (κ3) is 4.34. The summed E-state index contributed by atoms with van der Waals surface area (Å²) in [7, 11) is 0. The molecule has 3 nitrogen and oxygen atoms in total. The number of carbonyl (C=O) groups is 1. The Morgan fingerprint density at radius 1 is 1.14 bits per heavy atom. The Morgan fingerprint density at radius 2 is 1.83 bits per heavy atom. The molecule has 0 radical (unpaired) electrons. The molecule has 160 valence electrons. The molecule has 6 heteroatoms. The smallest absolute Gasteiger partial charge is 0.253 e. The highest BCUT2D eigenvalue weighted by molar-refractivity contribution is 8.03. The zero-order valence-corrected chi connectivity index (χ0v) is 20.4. The van der Waals surface area contributed by atoms with Gasteiger partial charge in [0.2, 0.25) is 0 Å². The lowest BCUT2D eigenvalue weighted by molar-refractivity contribution is -0.159. The minimum Gasteiger partial charge on any atom is -0.272 e. The Morgan fingerprint density at radius 3 is 2.48 bits per heavy atom. The number of fused-ring (bicyclic) bond motifs is 1. The molecule has 2 aromatic rings. The SMILES string of the molecule is CCCCC1(C)SC(C)(C)C(=O)N1N1CCC(c2cc3ccccc3s2)CC1.Cl. The van der Waals surface area contributed by atoms with Crippen molar-refractivity contribution >= 4 is 51.5 Å². The molecule has 0 aliphatic carbocycles. The van der Waals surface area contributed by atoms with Crippen LogP contribution in [0.5, 0.6) is 0 Å². The van der Waals surface area contributed by atoms with Gasteiger partial charge in [0, 0.05) is 22.7 Å². The second kappa shape index (κ2) is 8.78. The fourth-order valence-electron chi connectivity index (χ4n) is 4.75. The van der Waals surface area contributed by atoms with Gasteiger partial charge in [0.05, 0.1) is 4.75 Å². The third-order valence-electron chi connectivity index (χ3n) is 6.23. The van der Waals surface area contributed by atoms with Gasteiger partial charge in [-0.1, -0.05) is 38.0 Å². The topological polar surface area (TPSA) is 23.6 Å². The van der Waals surface area contributed by atoms with Crippen LogP contribution in [0.1, 0.15) is 70.6 Å². The number of hydrazine groups is 1. The highest BCUT2D eigenvalue weighted by atomic mass is 35.5. The molecule has 0 saturated carbocycles. The van der Waals surface area contributed by atoms with Crippen LogP contribution in [0.15, 0.2) is 30.3 Å². The van der Waals surface area contributed by atoms with Crippen molar-refractivity contribution in [2.24, 2.45) is 0 Å². The van der Waals surface area contributed by atoms with Crippen molar-refractivity contribution in [2.45, 2.75) is 75.3 Å². The number of carbonyl (C=O) groups excluding carboxylic acids is 1. The lowest BCUT2D eigenvalue weighted by Gasteiger charge is -2.44. The normalized spacial score (nSPS) is 25.5. The second-order valence-electron chi connectivity index (χ2n) is 8.92. The summed E-state index contributed by atoms with van der Waals surface area (Å²) in [5.74, 6) is 0.908. The number of rotatable bonds is 5. The predicted molar refractivity (Wildman–Crippen MR) is 129 cm³/mol. The van der Waals surface area contributed by atoms with Gasteiger partial charge < -0.3 is 0 Å². The minimum absolute atomic E-state index is 0. The summed E-state index contributed by atoms with van der Waals surface area (Å²) in [6.45, 7) is 10.6. The summed E-state index contributed by atoms with van der Waals surface area (Å²) in [4.78, 5) is 14.6. The van der Waals surface area contributed by atoms with Crippen LogP contribution in [-0.2, 0) is 4.79 Å². The van der Waals surface area contributed by atoms with Crippen LogP contribution in [0.4, 0.5) is 0 Å². The first-order valence-electron chi connectivity index (χ1n) is 10.6. The number of unbranched alkanes of at least 4 members (excludes halogenated alkanes) is 1. The summed E-state index contributed by atoms with van der Waals surface area (Å²) in [5, 5.41) is 5.88. The molecular weight excluding hydrogens is 420 g/mol. The van der Waals surface area contributed by atoms with Crippen LogP contribution in [0.3, 0.4) is 0 Å². The van der Waals surface area contributed by atoms with Crippen LogP contribution in [0.25, 0.3) is 10.1 Å². The summed E-state index contributed by atoms with van der Waals surface area (Å²) in [6, 6.07) is 11.1. The molecule has 0 N–H and O–H groups in total. The Balaban J connectivity index is 0.00000240. The average molecular weight is 453 g/mol. The van der Waals surface area contributed by atoms with Gasteiger partial charge in [-0.05, 0) is 63.5 Å². The van der Waals surface area contributed by atoms with Gasteiger partial charge in [-0.15, -0.1) is 35.5 Å². The predicted octanol–water partition coefficient (Wildman–Crippen LogP) is 6.68. The summed E-state index contributed by atoms with van der Waals surface area (Å²) >= 11 is 3.80. The lowest BCUT2D eigenvalue weighted by atomic mass is 9.95. The standard InChI is InChI=1S/C23H32N2OS2.ClH/c1-5-6-13-23(4)25(21(26)22(2,3)28-23)24-14-11-17(12-15-24)20-16-18-9-7-8-10-19(18)27-20;/h7-10,16-17H,5-6,11-15H2,1-4H3;1H. The van der Waals surface area contributed by atoms with Crippen molar-refractivity contribution in [3.8, 4) is 0 Å². The Kier molecular flexibility index (Phi) is 6.94. The van der Waals surface area contributed by atoms with E-state index in [2.05, 4.69) is 68.0 Å². The number of benzene rings is 1. The molecule has 3 heterocycles. The third-order valence-corrected chi connectivity index (χ3v) is 9.01. The Hall–Kier alpha value is -0.750. The van der Waals surface area contributed by atoms with Crippen molar-refractivity contribution in [3.63, 3.8) is 0 Å². The molecule has 1 atom stereocenters. The van der Waals surface area contributed by atoms with Gasteiger partial charge in [0.25, 0.3) is 5.91 Å². The summed E-state index contributed by atoms with van der Waals surface area (Å²) in [5.41, 5.74) is 0. The second-order valence-corrected chi connectivity index (χ2v) is 12.1. The Labute approximate surface area is 189 Å². The van der Waals surface area contributed by atoms with E-state index in [1.165, 1.54) is 27.8 Å². The van der Waals surface area contributed by atoms with Gasteiger partial charge in [-0.2, -0.15) is 0 Å². The van der Waals surface area contributed by atoms with E-state index in [1.54, 1.807) is 0 Å². The van der Waals surface area contributed by atoms with Crippen molar-refractivity contribution in [2.75, 3.05) is 13.1 Å². The van der Waals surface area contributed by atoms with Gasteiger partial charge in [-0.3, -0.25) is 9.80 Å². The molecule has 1 aromatic heterocycles. The molecular formula is C23H33ClN2OS2. The number of piperidine rings is 1. The molecule has 1 unspecified atom stereocenters. The Bertz CT molecular complexity index is 826. The van der Waals surface area contributed by atoms with E-state index in [4.69, 9.17) is 0 Å². The number of halogens is 1. The maximum atomic E-state index is 13.2. The van der Waals surface area contributed by atoms with Crippen LogP contribution < -0.4 is 0 Å². The quantitative estimate of drug-likeness (QED) is 0.505. The van der Waals surface area contributed by atoms with E-state index in [0.717, 1.165) is 32.4 Å². The first kappa shape index (κ1) is 22.9. The first-order chi connectivity index (χ1) is 13.3. The zero-order valence-electron chi connectivity index (χ0n) is 17.9. The summed E-state index contributed by atoms with van der Waals surface area (Å²) < 4.78 is 1.06. The van der Waals surface area contributed by atoms with Crippen LogP contribution in [0.2, 0.25) is 0 Å². The molecule has 1 aromatic carbocycles. The van der Waals surface area contributed by atoms with E-state index in [-0.39, 0.29) is 27.9 Å². The molecule has 1 amide bonds. The van der Waals surface area contributed by atoms with Crippen molar-refractivity contribution < 1.29 is 4.79 Å². The molecule has 2 fully saturated rings. The number of hydrogen-bond acceptors (Lipinski definition) is 4. The lowest BCUT2D eigenvalue weighted by Crippen LogP contribution is -2.56. The molecule has 29 heavy (non-hydrogen) atoms. The van der Waals surface area contributed by atoms with Gasteiger partial charge in [0.1, 0.15) is 4.87 Å². The highest BCUT2D eigenvalue weighted by Gasteiger charge is 2.55. The van der Waals surface area contributed by atoms with Gasteiger partial charge in [-0.25, -0.2) is 5.01 Å². The van der Waals surface area contributed by atoms with E-state index in [9.17, 15) is 4.79 Å². The molecule has 0 spiro atoms. The molecule has 2 saturated heterocycles. The minimum atomic E-state index is -0.329. The number of thioether (sulfide) groups is 1. The largest absolute Gasteiger partial charge is 0.272 e. The maximum absolute atomic E-state index is 13.2. The van der Waals surface area contributed by atoms with E-state index < -0.39 is 0 Å². The van der Waals surface area contributed by atoms with E-state index in [0.29, 0.717) is 5.92 Å². The van der Waals surface area contributed by atoms with Gasteiger partial charge in [0.15, 0.2) is 0 Å². The van der Waals surface area contributed by atoms with Crippen LogP contribution in [0, 0.1) is 0 Å². The monoisotopic (exact) mass is 452 g/mol. The number of amides is 1. The van der Waals surface area contributed by atoms with E-state index in [1.807, 2.05) is 23.1 Å². The average Bonchev–Trinajstić information content (AvgIpc) is 3.17.